The number of nitrogens with two attached hydrogens (primary N) is 1. The number of carbonyl (C=O) groups excluding carboxylic acids is 1. The fraction of sp³-hybridized carbons (Fsp3) is 0.316. The SMILES string of the molecule is CN(C)c1ccc(NCCC(=O)NCCc2ccc(S(N)(=O)=O)cc2)cc1. The van der Waals surface area contributed by atoms with Crippen LogP contribution in [0.3, 0.4) is 0 Å². The van der Waals surface area contributed by atoms with Crippen LogP contribution in [0, 0.1) is 0 Å². The summed E-state index contributed by atoms with van der Waals surface area (Å²) in [5.41, 5.74) is 3.03. The highest BCUT2D eigenvalue weighted by Gasteiger charge is 2.07. The number of anilines is 2. The second-order valence-electron chi connectivity index (χ2n) is 6.41. The molecule has 2 rings (SSSR count). The van der Waals surface area contributed by atoms with Crippen LogP contribution in [0.1, 0.15) is 12.0 Å². The van der Waals surface area contributed by atoms with Gasteiger partial charge in [-0.15, -0.1) is 0 Å². The first kappa shape index (κ1) is 20.7. The molecule has 0 radical (unpaired) electrons. The van der Waals surface area contributed by atoms with Gasteiger partial charge in [-0.3, -0.25) is 4.79 Å². The van der Waals surface area contributed by atoms with Gasteiger partial charge in [0, 0.05) is 45.0 Å². The molecule has 0 aromatic heterocycles. The van der Waals surface area contributed by atoms with Crippen molar-refractivity contribution in [3.63, 3.8) is 0 Å². The second-order valence-corrected chi connectivity index (χ2v) is 7.97. The number of rotatable bonds is 9. The Labute approximate surface area is 160 Å². The minimum Gasteiger partial charge on any atom is -0.385 e. The Kier molecular flexibility index (Phi) is 7.20. The number of primary sulfonamides is 1. The highest BCUT2D eigenvalue weighted by Crippen LogP contribution is 2.15. The van der Waals surface area contributed by atoms with E-state index in [1.807, 2.05) is 43.3 Å². The van der Waals surface area contributed by atoms with Gasteiger partial charge in [0.1, 0.15) is 0 Å². The molecule has 0 saturated heterocycles. The maximum Gasteiger partial charge on any atom is 0.238 e. The van der Waals surface area contributed by atoms with Crippen molar-refractivity contribution in [2.45, 2.75) is 17.7 Å². The fourth-order valence-corrected chi connectivity index (χ4v) is 2.99. The topological polar surface area (TPSA) is 105 Å². The van der Waals surface area contributed by atoms with Crippen molar-refractivity contribution in [2.75, 3.05) is 37.4 Å². The number of benzene rings is 2. The average molecular weight is 391 g/mol. The van der Waals surface area contributed by atoms with E-state index in [1.165, 1.54) is 12.1 Å². The number of nitrogens with zero attached hydrogens (tertiary/aromatic N) is 1. The van der Waals surface area contributed by atoms with Crippen LogP contribution >= 0.6 is 0 Å². The molecule has 1 amide bonds. The van der Waals surface area contributed by atoms with E-state index in [1.54, 1.807) is 12.1 Å². The van der Waals surface area contributed by atoms with E-state index in [2.05, 4.69) is 10.6 Å². The molecule has 27 heavy (non-hydrogen) atoms. The predicted molar refractivity (Wildman–Crippen MR) is 108 cm³/mol. The minimum atomic E-state index is -3.67. The Morgan fingerprint density at radius 3 is 2.19 bits per heavy atom. The molecule has 0 heterocycles. The zero-order valence-electron chi connectivity index (χ0n) is 15.6. The number of carbonyl (C=O) groups is 1. The lowest BCUT2D eigenvalue weighted by Gasteiger charge is -2.13. The summed E-state index contributed by atoms with van der Waals surface area (Å²) < 4.78 is 22.4. The maximum atomic E-state index is 11.9. The molecule has 0 spiro atoms. The van der Waals surface area contributed by atoms with Crippen LogP contribution in [0.25, 0.3) is 0 Å². The van der Waals surface area contributed by atoms with Gasteiger partial charge in [-0.2, -0.15) is 0 Å². The highest BCUT2D eigenvalue weighted by atomic mass is 32.2. The summed E-state index contributed by atoms with van der Waals surface area (Å²) in [6.07, 6.45) is 0.996. The molecule has 2 aromatic carbocycles. The number of hydrogen-bond donors (Lipinski definition) is 3. The number of nitrogens with one attached hydrogen (secondary N) is 2. The molecule has 2 aromatic rings. The summed E-state index contributed by atoms with van der Waals surface area (Å²) in [6.45, 7) is 1.04. The Hall–Kier alpha value is -2.58. The van der Waals surface area contributed by atoms with Gasteiger partial charge >= 0.3 is 0 Å². The van der Waals surface area contributed by atoms with Crippen molar-refractivity contribution in [3.8, 4) is 0 Å². The summed E-state index contributed by atoms with van der Waals surface area (Å²) >= 11 is 0. The van der Waals surface area contributed by atoms with Gasteiger partial charge in [-0.25, -0.2) is 13.6 Å². The smallest absolute Gasteiger partial charge is 0.238 e. The van der Waals surface area contributed by atoms with Crippen molar-refractivity contribution in [3.05, 3.63) is 54.1 Å². The molecule has 0 fully saturated rings. The first-order valence-corrected chi connectivity index (χ1v) is 10.2. The maximum absolute atomic E-state index is 11.9. The van der Waals surface area contributed by atoms with E-state index in [9.17, 15) is 13.2 Å². The third-order valence-electron chi connectivity index (χ3n) is 4.05. The first-order valence-electron chi connectivity index (χ1n) is 8.65. The molecule has 0 saturated carbocycles. The van der Waals surface area contributed by atoms with Crippen molar-refractivity contribution in [2.24, 2.45) is 5.14 Å². The van der Waals surface area contributed by atoms with Gasteiger partial charge in [0.15, 0.2) is 0 Å². The highest BCUT2D eigenvalue weighted by molar-refractivity contribution is 7.89. The van der Waals surface area contributed by atoms with Crippen molar-refractivity contribution in [1.82, 2.24) is 5.32 Å². The van der Waals surface area contributed by atoms with Gasteiger partial charge < -0.3 is 15.5 Å². The molecule has 0 bridgehead atoms. The lowest BCUT2D eigenvalue weighted by Crippen LogP contribution is -2.27. The molecule has 0 aliphatic rings. The Balaban J connectivity index is 1.67. The van der Waals surface area contributed by atoms with Crippen LogP contribution in [0.15, 0.2) is 53.4 Å². The van der Waals surface area contributed by atoms with Crippen LogP contribution < -0.4 is 20.7 Å². The van der Waals surface area contributed by atoms with Crippen LogP contribution in [-0.4, -0.2) is 41.5 Å². The average Bonchev–Trinajstić information content (AvgIpc) is 2.62. The molecule has 4 N–H and O–H groups in total. The third kappa shape index (κ3) is 6.92. The molecule has 0 atom stereocenters. The van der Waals surface area contributed by atoms with Gasteiger partial charge in [0.25, 0.3) is 0 Å². The summed E-state index contributed by atoms with van der Waals surface area (Å²) in [7, 11) is 0.302. The molecule has 0 unspecified atom stereocenters. The molecule has 7 nitrogen and oxygen atoms in total. The first-order chi connectivity index (χ1) is 12.8. The normalized spacial score (nSPS) is 11.1. The Morgan fingerprint density at radius 1 is 1.00 bits per heavy atom. The van der Waals surface area contributed by atoms with E-state index in [4.69, 9.17) is 5.14 Å². The summed E-state index contributed by atoms with van der Waals surface area (Å²) in [5.74, 6) is -0.0337. The standard InChI is InChI=1S/C19H26N4O3S/c1-23(2)17-7-5-16(6-8-17)21-14-12-19(24)22-13-11-15-3-9-18(10-4-15)27(20,25)26/h3-10,21H,11-14H2,1-2H3,(H,22,24)(H2,20,25,26). The van der Waals surface area contributed by atoms with Crippen LogP contribution in [-0.2, 0) is 21.2 Å². The molecular formula is C19H26N4O3S. The van der Waals surface area contributed by atoms with Gasteiger partial charge in [0.05, 0.1) is 4.90 Å². The van der Waals surface area contributed by atoms with Crippen LogP contribution in [0.5, 0.6) is 0 Å². The lowest BCUT2D eigenvalue weighted by atomic mass is 10.1. The molecule has 146 valence electrons. The zero-order valence-corrected chi connectivity index (χ0v) is 16.4. The monoisotopic (exact) mass is 390 g/mol. The van der Waals surface area contributed by atoms with E-state index in [0.29, 0.717) is 25.9 Å². The largest absolute Gasteiger partial charge is 0.385 e. The van der Waals surface area contributed by atoms with E-state index >= 15 is 0 Å². The summed E-state index contributed by atoms with van der Waals surface area (Å²) in [4.78, 5) is 14.0. The number of amides is 1. The second kappa shape index (κ2) is 9.38. The summed E-state index contributed by atoms with van der Waals surface area (Å²) in [5, 5.41) is 11.1. The quantitative estimate of drug-likeness (QED) is 0.603. The van der Waals surface area contributed by atoms with Crippen molar-refractivity contribution in [1.29, 1.82) is 0 Å². The Bertz CT molecular complexity index is 848. The molecular weight excluding hydrogens is 364 g/mol. The van der Waals surface area contributed by atoms with E-state index in [0.717, 1.165) is 16.9 Å². The lowest BCUT2D eigenvalue weighted by molar-refractivity contribution is -0.120. The molecule has 0 aliphatic heterocycles. The van der Waals surface area contributed by atoms with Crippen LogP contribution in [0.4, 0.5) is 11.4 Å². The number of hydrogen-bond acceptors (Lipinski definition) is 5. The zero-order chi connectivity index (χ0) is 19.9. The Morgan fingerprint density at radius 2 is 1.63 bits per heavy atom. The summed E-state index contributed by atoms with van der Waals surface area (Å²) in [6, 6.07) is 14.3. The van der Waals surface area contributed by atoms with Gasteiger partial charge in [-0.05, 0) is 48.4 Å². The molecule has 8 heteroatoms. The molecule has 0 aliphatic carbocycles. The van der Waals surface area contributed by atoms with Crippen molar-refractivity contribution < 1.29 is 13.2 Å². The van der Waals surface area contributed by atoms with Crippen LogP contribution in [0.2, 0.25) is 0 Å². The van der Waals surface area contributed by atoms with E-state index in [-0.39, 0.29) is 10.8 Å². The fourth-order valence-electron chi connectivity index (χ4n) is 2.48. The predicted octanol–water partition coefficient (Wildman–Crippen LogP) is 1.56. The van der Waals surface area contributed by atoms with Crippen molar-refractivity contribution >= 4 is 27.3 Å². The number of sulfonamides is 1. The minimum absolute atomic E-state index is 0.0337. The third-order valence-corrected chi connectivity index (χ3v) is 4.98. The van der Waals surface area contributed by atoms with E-state index < -0.39 is 10.0 Å². The van der Waals surface area contributed by atoms with Gasteiger partial charge in [-0.1, -0.05) is 12.1 Å². The van der Waals surface area contributed by atoms with Gasteiger partial charge in [0.2, 0.25) is 15.9 Å².